The molecule has 1 fully saturated rings. The molecule has 2 aromatic carbocycles. The molecule has 1 N–H and O–H groups in total. The van der Waals surface area contributed by atoms with Crippen molar-refractivity contribution in [2.24, 2.45) is 0 Å². The summed E-state index contributed by atoms with van der Waals surface area (Å²) < 4.78 is 23.9. The molecule has 0 spiro atoms. The molecule has 2 aliphatic rings. The Morgan fingerprint density at radius 1 is 1.00 bits per heavy atom. The maximum atomic E-state index is 13.1. The number of halogens is 1. The van der Waals surface area contributed by atoms with E-state index in [1.807, 2.05) is 30.3 Å². The Bertz CT molecular complexity index is 1060. The van der Waals surface area contributed by atoms with E-state index in [2.05, 4.69) is 10.3 Å². The molecule has 1 aliphatic carbocycles. The van der Waals surface area contributed by atoms with Crippen LogP contribution in [0.1, 0.15) is 18.4 Å². The molecule has 0 radical (unpaired) electrons. The number of nitrogens with one attached hydrogen (secondary N) is 1. The number of benzene rings is 2. The van der Waals surface area contributed by atoms with Crippen molar-refractivity contribution < 1.29 is 18.7 Å². The molecule has 28 heavy (non-hydrogen) atoms. The summed E-state index contributed by atoms with van der Waals surface area (Å²) in [4.78, 5) is 17.5. The summed E-state index contributed by atoms with van der Waals surface area (Å²) >= 11 is 0. The first kappa shape index (κ1) is 16.7. The van der Waals surface area contributed by atoms with Gasteiger partial charge in [0.15, 0.2) is 11.5 Å². The predicted octanol–water partition coefficient (Wildman–Crippen LogP) is 4.29. The second-order valence-corrected chi connectivity index (χ2v) is 7.02. The van der Waals surface area contributed by atoms with Gasteiger partial charge in [-0.15, -0.1) is 0 Å². The zero-order chi connectivity index (χ0) is 19.1. The lowest BCUT2D eigenvalue weighted by Crippen LogP contribution is -2.28. The first-order valence-electron chi connectivity index (χ1n) is 9.09. The maximum absolute atomic E-state index is 13.1. The molecule has 1 saturated carbocycles. The van der Waals surface area contributed by atoms with Crippen LogP contribution in [0.2, 0.25) is 0 Å². The summed E-state index contributed by atoms with van der Waals surface area (Å²) in [7, 11) is 0. The van der Waals surface area contributed by atoms with Crippen LogP contribution in [-0.4, -0.2) is 17.7 Å². The number of carbonyl (C=O) groups excluding carboxylic acids is 1. The normalized spacial score (nSPS) is 15.9. The lowest BCUT2D eigenvalue weighted by Gasteiger charge is -2.16. The average molecular weight is 376 g/mol. The van der Waals surface area contributed by atoms with Gasteiger partial charge in [0, 0.05) is 5.56 Å². The van der Waals surface area contributed by atoms with Crippen LogP contribution in [0.15, 0.2) is 60.7 Å². The van der Waals surface area contributed by atoms with Gasteiger partial charge in [0.05, 0.1) is 11.1 Å². The molecule has 5 rings (SSSR count). The molecule has 1 aliphatic heterocycles. The Balaban J connectivity index is 1.38. The van der Waals surface area contributed by atoms with E-state index in [1.165, 1.54) is 12.1 Å². The summed E-state index contributed by atoms with van der Waals surface area (Å²) in [5.41, 5.74) is 1.82. The van der Waals surface area contributed by atoms with Gasteiger partial charge >= 0.3 is 0 Å². The third kappa shape index (κ3) is 2.87. The molecule has 3 aromatic rings. The Labute approximate surface area is 161 Å². The standard InChI is InChI=1S/C22H17FN2O3/c23-16-7-4-14(5-8-16)17-2-1-3-20(24-17)25-21(26)22(10-11-22)15-6-9-18-19(12-15)28-13-27-18/h1-9,12H,10-11,13H2,(H,24,25,26). The van der Waals surface area contributed by atoms with Crippen molar-refractivity contribution in [1.82, 2.24) is 4.98 Å². The first-order valence-corrected chi connectivity index (χ1v) is 9.09. The van der Waals surface area contributed by atoms with E-state index in [9.17, 15) is 9.18 Å². The van der Waals surface area contributed by atoms with Gasteiger partial charge in [-0.25, -0.2) is 9.37 Å². The Morgan fingerprint density at radius 3 is 2.57 bits per heavy atom. The van der Waals surface area contributed by atoms with Crippen molar-refractivity contribution in [3.63, 3.8) is 0 Å². The van der Waals surface area contributed by atoms with Gasteiger partial charge in [0.2, 0.25) is 12.7 Å². The van der Waals surface area contributed by atoms with Gasteiger partial charge in [-0.2, -0.15) is 0 Å². The van der Waals surface area contributed by atoms with Crippen LogP contribution >= 0.6 is 0 Å². The first-order chi connectivity index (χ1) is 13.6. The van der Waals surface area contributed by atoms with Crippen LogP contribution in [0, 0.1) is 5.82 Å². The van der Waals surface area contributed by atoms with Crippen molar-refractivity contribution in [3.8, 4) is 22.8 Å². The van der Waals surface area contributed by atoms with Crippen molar-refractivity contribution in [3.05, 3.63) is 72.0 Å². The minimum absolute atomic E-state index is 0.0879. The van der Waals surface area contributed by atoms with E-state index in [0.29, 0.717) is 23.0 Å². The van der Waals surface area contributed by atoms with Gasteiger partial charge in [-0.05, 0) is 66.9 Å². The van der Waals surface area contributed by atoms with Gasteiger partial charge in [-0.3, -0.25) is 4.79 Å². The van der Waals surface area contributed by atoms with E-state index < -0.39 is 5.41 Å². The lowest BCUT2D eigenvalue weighted by molar-refractivity contribution is -0.118. The van der Waals surface area contributed by atoms with E-state index in [0.717, 1.165) is 24.0 Å². The fourth-order valence-corrected chi connectivity index (χ4v) is 3.49. The zero-order valence-electron chi connectivity index (χ0n) is 14.9. The minimum atomic E-state index is -0.561. The highest BCUT2D eigenvalue weighted by atomic mass is 19.1. The highest BCUT2D eigenvalue weighted by Gasteiger charge is 2.51. The Kier molecular flexibility index (Phi) is 3.79. The van der Waals surface area contributed by atoms with E-state index >= 15 is 0 Å². The molecule has 0 saturated heterocycles. The predicted molar refractivity (Wildman–Crippen MR) is 102 cm³/mol. The number of carbonyl (C=O) groups is 1. The molecule has 1 amide bonds. The number of anilines is 1. The smallest absolute Gasteiger partial charge is 0.236 e. The van der Waals surface area contributed by atoms with Crippen molar-refractivity contribution in [1.29, 1.82) is 0 Å². The van der Waals surface area contributed by atoms with Crippen LogP contribution in [0.3, 0.4) is 0 Å². The monoisotopic (exact) mass is 376 g/mol. The van der Waals surface area contributed by atoms with E-state index in [-0.39, 0.29) is 18.5 Å². The van der Waals surface area contributed by atoms with E-state index in [1.54, 1.807) is 18.2 Å². The zero-order valence-corrected chi connectivity index (χ0v) is 14.9. The molecule has 1 aromatic heterocycles. The second kappa shape index (κ2) is 6.34. The number of pyridine rings is 1. The average Bonchev–Trinajstić information content (AvgIpc) is 3.40. The van der Waals surface area contributed by atoms with Gasteiger partial charge in [0.1, 0.15) is 11.6 Å². The fourth-order valence-electron chi connectivity index (χ4n) is 3.49. The minimum Gasteiger partial charge on any atom is -0.454 e. The maximum Gasteiger partial charge on any atom is 0.236 e. The SMILES string of the molecule is O=C(Nc1cccc(-c2ccc(F)cc2)n1)C1(c2ccc3c(c2)OCO3)CC1. The quantitative estimate of drug-likeness (QED) is 0.738. The van der Waals surface area contributed by atoms with Crippen molar-refractivity contribution in [2.75, 3.05) is 12.1 Å². The van der Waals surface area contributed by atoms with Crippen molar-refractivity contribution in [2.45, 2.75) is 18.3 Å². The number of ether oxygens (including phenoxy) is 2. The second-order valence-electron chi connectivity index (χ2n) is 7.02. The molecule has 0 bridgehead atoms. The molecule has 6 heteroatoms. The molecule has 5 nitrogen and oxygen atoms in total. The van der Waals surface area contributed by atoms with Gasteiger partial charge < -0.3 is 14.8 Å². The third-order valence-corrected chi connectivity index (χ3v) is 5.24. The van der Waals surface area contributed by atoms with Gasteiger partial charge in [-0.1, -0.05) is 12.1 Å². The summed E-state index contributed by atoms with van der Waals surface area (Å²) in [5, 5.41) is 2.94. The Hall–Kier alpha value is -3.41. The lowest BCUT2D eigenvalue weighted by atomic mass is 9.94. The largest absolute Gasteiger partial charge is 0.454 e. The van der Waals surface area contributed by atoms with Crippen LogP contribution < -0.4 is 14.8 Å². The summed E-state index contributed by atoms with van der Waals surface area (Å²) in [6, 6.07) is 17.2. The molecule has 0 atom stereocenters. The van der Waals surface area contributed by atoms with Crippen LogP contribution in [0.4, 0.5) is 10.2 Å². The fraction of sp³-hybridized carbons (Fsp3) is 0.182. The molecular formula is C22H17FN2O3. The third-order valence-electron chi connectivity index (χ3n) is 5.24. The van der Waals surface area contributed by atoms with Crippen LogP contribution in [0.5, 0.6) is 11.5 Å². The Morgan fingerprint density at radius 2 is 1.79 bits per heavy atom. The highest BCUT2D eigenvalue weighted by molar-refractivity contribution is 6.01. The van der Waals surface area contributed by atoms with Crippen molar-refractivity contribution >= 4 is 11.7 Å². The molecule has 2 heterocycles. The molecule has 140 valence electrons. The highest BCUT2D eigenvalue weighted by Crippen LogP contribution is 2.51. The van der Waals surface area contributed by atoms with Crippen LogP contribution in [-0.2, 0) is 10.2 Å². The number of hydrogen-bond acceptors (Lipinski definition) is 4. The number of rotatable bonds is 4. The summed E-state index contributed by atoms with van der Waals surface area (Å²) in [5.74, 6) is 1.46. The number of aromatic nitrogens is 1. The van der Waals surface area contributed by atoms with Gasteiger partial charge in [0.25, 0.3) is 0 Å². The molecule has 0 unspecified atom stereocenters. The van der Waals surface area contributed by atoms with Crippen LogP contribution in [0.25, 0.3) is 11.3 Å². The topological polar surface area (TPSA) is 60.5 Å². The number of nitrogens with zero attached hydrogens (tertiary/aromatic N) is 1. The number of hydrogen-bond donors (Lipinski definition) is 1. The summed E-state index contributed by atoms with van der Waals surface area (Å²) in [6.45, 7) is 0.206. The molecular weight excluding hydrogens is 359 g/mol. The van der Waals surface area contributed by atoms with E-state index in [4.69, 9.17) is 9.47 Å². The number of fused-ring (bicyclic) bond motifs is 1. The summed E-state index contributed by atoms with van der Waals surface area (Å²) in [6.07, 6.45) is 1.55. The number of amides is 1.